The zero-order valence-electron chi connectivity index (χ0n) is 18.7. The lowest BCUT2D eigenvalue weighted by molar-refractivity contribution is 0.273. The fourth-order valence-corrected chi connectivity index (χ4v) is 4.28. The third kappa shape index (κ3) is 7.20. The Hall–Kier alpha value is -1.42. The van der Waals surface area contributed by atoms with Crippen molar-refractivity contribution < 1.29 is 0 Å². The molecule has 2 unspecified atom stereocenters. The average molecular weight is 387 g/mol. The number of benzene rings is 1. The van der Waals surface area contributed by atoms with E-state index >= 15 is 0 Å². The minimum Gasteiger partial charge on any atom is -0.295 e. The van der Waals surface area contributed by atoms with Gasteiger partial charge in [0.2, 0.25) is 0 Å². The average Bonchev–Trinajstić information content (AvgIpc) is 3.15. The molecule has 0 aliphatic carbocycles. The van der Waals surface area contributed by atoms with Crippen LogP contribution in [0.15, 0.2) is 24.3 Å². The summed E-state index contributed by atoms with van der Waals surface area (Å²) in [6, 6.07) is 8.79. The first kappa shape index (κ1) is 22.9. The Morgan fingerprint density at radius 3 is 2.07 bits per heavy atom. The Kier molecular flexibility index (Phi) is 10.6. The van der Waals surface area contributed by atoms with Crippen LogP contribution in [-0.4, -0.2) is 21.0 Å². The predicted octanol–water partition coefficient (Wildman–Crippen LogP) is 6.56. The van der Waals surface area contributed by atoms with Crippen molar-refractivity contribution in [3.63, 3.8) is 0 Å². The number of nitrogens with zero attached hydrogens (tertiary/aromatic N) is 3. The molecule has 28 heavy (non-hydrogen) atoms. The van der Waals surface area contributed by atoms with Crippen molar-refractivity contribution in [2.75, 3.05) is 0 Å². The molecule has 0 amide bonds. The summed E-state index contributed by atoms with van der Waals surface area (Å²) in [5.74, 6) is 1.65. The molecule has 1 aromatic heterocycles. The summed E-state index contributed by atoms with van der Waals surface area (Å²) in [6.07, 6.45) is 13.2. The van der Waals surface area contributed by atoms with Crippen LogP contribution in [0, 0.1) is 11.8 Å². The van der Waals surface area contributed by atoms with Crippen LogP contribution in [0.25, 0.3) is 11.0 Å². The number of aromatic nitrogens is 3. The summed E-state index contributed by atoms with van der Waals surface area (Å²) < 4.78 is 2.02. The zero-order chi connectivity index (χ0) is 20.2. The van der Waals surface area contributed by atoms with Gasteiger partial charge in [0.25, 0.3) is 0 Å². The topological polar surface area (TPSA) is 42.7 Å². The van der Waals surface area contributed by atoms with Crippen molar-refractivity contribution in [2.24, 2.45) is 11.8 Å². The summed E-state index contributed by atoms with van der Waals surface area (Å²) in [7, 11) is 0. The highest BCUT2D eigenvalue weighted by atomic mass is 15.5. The summed E-state index contributed by atoms with van der Waals surface area (Å²) in [5.41, 5.74) is 2.09. The summed E-state index contributed by atoms with van der Waals surface area (Å²) in [4.78, 5) is 0. The van der Waals surface area contributed by atoms with E-state index < -0.39 is 0 Å². The summed E-state index contributed by atoms with van der Waals surface area (Å²) in [5, 5.41) is 12.5. The second-order valence-corrected chi connectivity index (χ2v) is 8.44. The van der Waals surface area contributed by atoms with Crippen molar-refractivity contribution in [1.82, 2.24) is 20.3 Å². The Balaban J connectivity index is 2.02. The van der Waals surface area contributed by atoms with Gasteiger partial charge in [-0.15, -0.1) is 5.10 Å². The maximum Gasteiger partial charge on any atom is 0.113 e. The molecule has 2 rings (SSSR count). The molecule has 2 aromatic rings. The Morgan fingerprint density at radius 1 is 0.893 bits per heavy atom. The SMILES string of the molecule is CCCCC(CC)CC(CC(CC)CCCC)NCn1nnc2ccccc21. The molecule has 0 spiro atoms. The molecule has 0 bridgehead atoms. The highest BCUT2D eigenvalue weighted by Crippen LogP contribution is 2.25. The van der Waals surface area contributed by atoms with Crippen LogP contribution in [0.1, 0.15) is 91.9 Å². The van der Waals surface area contributed by atoms with Crippen molar-refractivity contribution in [3.05, 3.63) is 24.3 Å². The number of hydrogen-bond donors (Lipinski definition) is 1. The van der Waals surface area contributed by atoms with E-state index in [-0.39, 0.29) is 0 Å². The number of nitrogens with one attached hydrogen (secondary N) is 1. The normalized spacial score (nSPS) is 15.0. The number of fused-ring (bicyclic) bond motifs is 1. The molecule has 1 N–H and O–H groups in total. The Morgan fingerprint density at radius 2 is 1.50 bits per heavy atom. The van der Waals surface area contributed by atoms with Crippen LogP contribution in [0.3, 0.4) is 0 Å². The fourth-order valence-electron chi connectivity index (χ4n) is 4.28. The monoisotopic (exact) mass is 386 g/mol. The molecule has 2 atom stereocenters. The fraction of sp³-hybridized carbons (Fsp3) is 0.750. The minimum absolute atomic E-state index is 0.562. The van der Waals surface area contributed by atoms with E-state index in [1.165, 1.54) is 64.2 Å². The second-order valence-electron chi connectivity index (χ2n) is 8.44. The first-order valence-corrected chi connectivity index (χ1v) is 11.7. The highest BCUT2D eigenvalue weighted by Gasteiger charge is 2.19. The molecule has 1 aromatic carbocycles. The second kappa shape index (κ2) is 12.9. The van der Waals surface area contributed by atoms with Gasteiger partial charge in [-0.3, -0.25) is 5.32 Å². The van der Waals surface area contributed by atoms with Gasteiger partial charge in [-0.1, -0.05) is 96.4 Å². The van der Waals surface area contributed by atoms with Crippen molar-refractivity contribution in [1.29, 1.82) is 0 Å². The van der Waals surface area contributed by atoms with Crippen LogP contribution < -0.4 is 5.32 Å². The maximum absolute atomic E-state index is 4.37. The van der Waals surface area contributed by atoms with Gasteiger partial charge in [0.05, 0.1) is 12.2 Å². The number of hydrogen-bond acceptors (Lipinski definition) is 3. The van der Waals surface area contributed by atoms with Crippen LogP contribution in [0.5, 0.6) is 0 Å². The molecule has 0 saturated heterocycles. The van der Waals surface area contributed by atoms with E-state index in [2.05, 4.69) is 55.5 Å². The molecule has 0 radical (unpaired) electrons. The van der Waals surface area contributed by atoms with Crippen LogP contribution >= 0.6 is 0 Å². The van der Waals surface area contributed by atoms with Gasteiger partial charge >= 0.3 is 0 Å². The third-order valence-corrected chi connectivity index (χ3v) is 6.27. The van der Waals surface area contributed by atoms with Gasteiger partial charge in [0.1, 0.15) is 5.52 Å². The van der Waals surface area contributed by atoms with Gasteiger partial charge in [-0.2, -0.15) is 0 Å². The molecule has 158 valence electrons. The van der Waals surface area contributed by atoms with Crippen molar-refractivity contribution >= 4 is 11.0 Å². The Labute approximate surface area is 172 Å². The molecule has 0 aliphatic rings. The molecule has 1 heterocycles. The maximum atomic E-state index is 4.37. The molecule has 4 heteroatoms. The van der Waals surface area contributed by atoms with Crippen molar-refractivity contribution in [3.8, 4) is 0 Å². The lowest BCUT2D eigenvalue weighted by atomic mass is 9.85. The van der Waals surface area contributed by atoms with E-state index in [0.717, 1.165) is 29.5 Å². The van der Waals surface area contributed by atoms with Gasteiger partial charge in [0.15, 0.2) is 0 Å². The van der Waals surface area contributed by atoms with Gasteiger partial charge in [0, 0.05) is 6.04 Å². The predicted molar refractivity (Wildman–Crippen MR) is 120 cm³/mol. The molecule has 0 aliphatic heterocycles. The minimum atomic E-state index is 0.562. The van der Waals surface area contributed by atoms with E-state index in [0.29, 0.717) is 6.04 Å². The lowest BCUT2D eigenvalue weighted by Crippen LogP contribution is -2.35. The Bertz CT molecular complexity index is 633. The standard InChI is InChI=1S/C24H42N4/c1-5-9-13-20(7-3)17-22(18-21(8-4)14-10-6-2)25-19-28-24-16-12-11-15-23(24)26-27-28/h11-12,15-16,20-22,25H,5-10,13-14,17-19H2,1-4H3. The number of para-hydroxylation sites is 1. The van der Waals surface area contributed by atoms with Gasteiger partial charge < -0.3 is 0 Å². The zero-order valence-corrected chi connectivity index (χ0v) is 18.7. The molecular formula is C24H42N4. The van der Waals surface area contributed by atoms with Crippen LogP contribution in [0.2, 0.25) is 0 Å². The molecule has 0 saturated carbocycles. The van der Waals surface area contributed by atoms with Crippen molar-refractivity contribution in [2.45, 2.75) is 105 Å². The van der Waals surface area contributed by atoms with E-state index in [1.54, 1.807) is 0 Å². The highest BCUT2D eigenvalue weighted by molar-refractivity contribution is 5.73. The lowest BCUT2D eigenvalue weighted by Gasteiger charge is -2.27. The first-order chi connectivity index (χ1) is 13.7. The summed E-state index contributed by atoms with van der Waals surface area (Å²) in [6.45, 7) is 10.1. The van der Waals surface area contributed by atoms with Crippen LogP contribution in [0.4, 0.5) is 0 Å². The first-order valence-electron chi connectivity index (χ1n) is 11.7. The van der Waals surface area contributed by atoms with Crippen LogP contribution in [-0.2, 0) is 6.67 Å². The third-order valence-electron chi connectivity index (χ3n) is 6.27. The quantitative estimate of drug-likeness (QED) is 0.377. The van der Waals surface area contributed by atoms with Gasteiger partial charge in [-0.25, -0.2) is 4.68 Å². The van der Waals surface area contributed by atoms with E-state index in [4.69, 9.17) is 0 Å². The molecule has 0 fully saturated rings. The number of rotatable bonds is 15. The van der Waals surface area contributed by atoms with Gasteiger partial charge in [-0.05, 0) is 36.8 Å². The molecule has 4 nitrogen and oxygen atoms in total. The largest absolute Gasteiger partial charge is 0.295 e. The smallest absolute Gasteiger partial charge is 0.113 e. The number of unbranched alkanes of at least 4 members (excludes halogenated alkanes) is 2. The molecular weight excluding hydrogens is 344 g/mol. The summed E-state index contributed by atoms with van der Waals surface area (Å²) >= 11 is 0. The van der Waals surface area contributed by atoms with E-state index in [9.17, 15) is 0 Å². The van der Waals surface area contributed by atoms with E-state index in [1.807, 2.05) is 16.8 Å².